The molecule has 0 aliphatic heterocycles. The molecule has 0 aromatic carbocycles. The molecule has 0 saturated heterocycles. The average Bonchev–Trinajstić information content (AvgIpc) is 2.72. The van der Waals surface area contributed by atoms with Crippen LogP contribution in [0.15, 0.2) is 37.1 Å². The smallest absolute Gasteiger partial charge is 0.290 e. The number of hydroxylamine groups is 2. The number of rotatable bonds is 6. The highest BCUT2D eigenvalue weighted by molar-refractivity contribution is 7.18. The van der Waals surface area contributed by atoms with Gasteiger partial charge in [0.15, 0.2) is 11.6 Å². The second kappa shape index (κ2) is 7.23. The van der Waals surface area contributed by atoms with Crippen LogP contribution in [-0.2, 0) is 4.84 Å². The maximum absolute atomic E-state index is 14.2. The van der Waals surface area contributed by atoms with Crippen LogP contribution in [-0.4, -0.2) is 25.1 Å². The second-order valence-electron chi connectivity index (χ2n) is 3.44. The molecule has 0 aliphatic carbocycles. The van der Waals surface area contributed by atoms with Crippen LogP contribution in [0, 0.1) is 5.82 Å². The van der Waals surface area contributed by atoms with Crippen molar-refractivity contribution in [2.45, 2.75) is 0 Å². The van der Waals surface area contributed by atoms with E-state index in [0.29, 0.717) is 0 Å². The molecular weight excluding hydrogens is 305 g/mol. The summed E-state index contributed by atoms with van der Waals surface area (Å²) in [4.78, 5) is 16.4. The van der Waals surface area contributed by atoms with Crippen LogP contribution in [0.3, 0.4) is 0 Å². The predicted molar refractivity (Wildman–Crippen MR) is 77.5 cm³/mol. The first kappa shape index (κ1) is 16.4. The Labute approximate surface area is 125 Å². The fraction of sp³-hybridized carbons (Fsp3) is 0.154. The van der Waals surface area contributed by atoms with E-state index < -0.39 is 11.7 Å². The molecule has 0 aliphatic rings. The molecule has 0 N–H and O–H groups in total. The highest BCUT2D eigenvalue weighted by atomic mass is 35.5. The maximum atomic E-state index is 14.2. The molecule has 0 radical (unpaired) electrons. The lowest BCUT2D eigenvalue weighted by Crippen LogP contribution is -2.25. The van der Waals surface area contributed by atoms with Gasteiger partial charge in [-0.25, -0.2) is 9.45 Å². The molecule has 1 aromatic rings. The number of halogens is 2. The Kier molecular flexibility index (Phi) is 5.94. The van der Waals surface area contributed by atoms with Gasteiger partial charge in [0.2, 0.25) is 0 Å². The molecule has 108 valence electrons. The monoisotopic (exact) mass is 317 g/mol. The Hall–Kier alpha value is -1.63. The molecule has 1 aromatic heterocycles. The number of thiophene rings is 1. The van der Waals surface area contributed by atoms with Gasteiger partial charge in [0.05, 0.1) is 7.11 Å². The molecule has 0 fully saturated rings. The number of allylic oxidation sites excluding steroid dienone is 3. The number of hydrogen-bond acceptors (Lipinski definition) is 4. The fourth-order valence-corrected chi connectivity index (χ4v) is 2.35. The Morgan fingerprint density at radius 3 is 2.65 bits per heavy atom. The summed E-state index contributed by atoms with van der Waals surface area (Å²) in [5.41, 5.74) is 0. The maximum Gasteiger partial charge on any atom is 0.290 e. The number of ether oxygens (including phenoxy) is 1. The van der Waals surface area contributed by atoms with E-state index >= 15 is 0 Å². The topological polar surface area (TPSA) is 38.8 Å². The number of carbonyl (C=O) groups excluding carboxylic acids is 1. The normalized spacial score (nSPS) is 11.1. The van der Waals surface area contributed by atoms with Crippen molar-refractivity contribution in [3.8, 4) is 5.75 Å². The van der Waals surface area contributed by atoms with Crippen molar-refractivity contribution in [1.82, 2.24) is 5.06 Å². The van der Waals surface area contributed by atoms with E-state index in [4.69, 9.17) is 21.2 Å². The van der Waals surface area contributed by atoms with Crippen molar-refractivity contribution < 1.29 is 18.8 Å². The number of amides is 1. The SMILES string of the molecule is C=C/C=C(\C=C)Oc1c(Cl)sc(C(=O)N(C)OC)c1F. The third-order valence-electron chi connectivity index (χ3n) is 2.23. The van der Waals surface area contributed by atoms with Crippen LogP contribution in [0.2, 0.25) is 4.34 Å². The summed E-state index contributed by atoms with van der Waals surface area (Å²) in [6.45, 7) is 7.02. The Balaban J connectivity index is 3.15. The van der Waals surface area contributed by atoms with Crippen LogP contribution < -0.4 is 4.74 Å². The molecule has 1 amide bonds. The first-order valence-corrected chi connectivity index (χ1v) is 6.58. The molecule has 1 rings (SSSR count). The summed E-state index contributed by atoms with van der Waals surface area (Å²) < 4.78 is 19.5. The molecule has 0 atom stereocenters. The predicted octanol–water partition coefficient (Wildman–Crippen LogP) is 3.81. The lowest BCUT2D eigenvalue weighted by molar-refractivity contribution is -0.0756. The van der Waals surface area contributed by atoms with E-state index in [1.165, 1.54) is 32.4 Å². The first-order valence-electron chi connectivity index (χ1n) is 5.39. The van der Waals surface area contributed by atoms with Crippen LogP contribution in [0.25, 0.3) is 0 Å². The first-order chi connectivity index (χ1) is 9.46. The Morgan fingerprint density at radius 2 is 2.15 bits per heavy atom. The molecule has 0 spiro atoms. The molecule has 20 heavy (non-hydrogen) atoms. The van der Waals surface area contributed by atoms with Gasteiger partial charge in [-0.05, 0) is 12.2 Å². The van der Waals surface area contributed by atoms with Crippen molar-refractivity contribution in [2.24, 2.45) is 0 Å². The highest BCUT2D eigenvalue weighted by Gasteiger charge is 2.26. The Morgan fingerprint density at radius 1 is 1.50 bits per heavy atom. The van der Waals surface area contributed by atoms with E-state index in [1.807, 2.05) is 0 Å². The van der Waals surface area contributed by atoms with Gasteiger partial charge >= 0.3 is 0 Å². The summed E-state index contributed by atoms with van der Waals surface area (Å²) in [6.07, 6.45) is 4.32. The molecule has 0 saturated carbocycles. The Bertz CT molecular complexity index is 568. The quantitative estimate of drug-likeness (QED) is 0.455. The zero-order valence-electron chi connectivity index (χ0n) is 11.0. The number of carbonyl (C=O) groups is 1. The van der Waals surface area contributed by atoms with Gasteiger partial charge < -0.3 is 4.74 Å². The third-order valence-corrected chi connectivity index (χ3v) is 3.55. The largest absolute Gasteiger partial charge is 0.452 e. The lowest BCUT2D eigenvalue weighted by atomic mass is 10.4. The minimum absolute atomic E-state index is 0.0205. The van der Waals surface area contributed by atoms with Gasteiger partial charge in [0, 0.05) is 7.05 Å². The van der Waals surface area contributed by atoms with E-state index in [2.05, 4.69) is 13.2 Å². The summed E-state index contributed by atoms with van der Waals surface area (Å²) in [5, 5.41) is 0.892. The highest BCUT2D eigenvalue weighted by Crippen LogP contribution is 2.39. The minimum atomic E-state index is -0.842. The van der Waals surface area contributed by atoms with Crippen LogP contribution >= 0.6 is 22.9 Å². The molecule has 0 unspecified atom stereocenters. The third kappa shape index (κ3) is 3.47. The van der Waals surface area contributed by atoms with Gasteiger partial charge in [0.1, 0.15) is 15.0 Å². The standard InChI is InChI=1S/C13H13ClFNO3S/c1-5-7-8(6-2)19-10-9(15)11(20-12(10)14)13(17)16(3)18-4/h5-7H,1-2H2,3-4H3/b8-7+. The van der Waals surface area contributed by atoms with Crippen molar-refractivity contribution in [1.29, 1.82) is 0 Å². The van der Waals surface area contributed by atoms with E-state index in [9.17, 15) is 9.18 Å². The second-order valence-corrected chi connectivity index (χ2v) is 5.07. The average molecular weight is 318 g/mol. The number of hydrogen-bond donors (Lipinski definition) is 0. The molecule has 7 heteroatoms. The van der Waals surface area contributed by atoms with Gasteiger partial charge in [-0.1, -0.05) is 30.8 Å². The van der Waals surface area contributed by atoms with Gasteiger partial charge in [-0.3, -0.25) is 9.63 Å². The van der Waals surface area contributed by atoms with Gasteiger partial charge in [0.25, 0.3) is 5.91 Å². The van der Waals surface area contributed by atoms with Crippen molar-refractivity contribution in [3.63, 3.8) is 0 Å². The molecule has 1 heterocycles. The summed E-state index contributed by atoms with van der Waals surface area (Å²) in [5.74, 6) is -1.46. The summed E-state index contributed by atoms with van der Waals surface area (Å²) in [6, 6.07) is 0. The van der Waals surface area contributed by atoms with Crippen LogP contribution in [0.5, 0.6) is 5.75 Å². The van der Waals surface area contributed by atoms with E-state index in [1.54, 1.807) is 0 Å². The summed E-state index contributed by atoms with van der Waals surface area (Å²) in [7, 11) is 2.66. The molecule has 0 bridgehead atoms. The summed E-state index contributed by atoms with van der Waals surface area (Å²) >= 11 is 6.67. The number of nitrogens with zero attached hydrogens (tertiary/aromatic N) is 1. The lowest BCUT2D eigenvalue weighted by Gasteiger charge is -2.11. The minimum Gasteiger partial charge on any atom is -0.452 e. The molecular formula is C13H13ClFNO3S. The van der Waals surface area contributed by atoms with Crippen LogP contribution in [0.4, 0.5) is 4.39 Å². The van der Waals surface area contributed by atoms with Crippen molar-refractivity contribution >= 4 is 28.8 Å². The van der Waals surface area contributed by atoms with Crippen LogP contribution in [0.1, 0.15) is 9.67 Å². The molecule has 4 nitrogen and oxygen atoms in total. The fourth-order valence-electron chi connectivity index (χ4n) is 1.20. The van der Waals surface area contributed by atoms with Gasteiger partial charge in [-0.2, -0.15) is 0 Å². The zero-order chi connectivity index (χ0) is 15.3. The van der Waals surface area contributed by atoms with E-state index in [-0.39, 0.29) is 20.7 Å². The van der Waals surface area contributed by atoms with E-state index in [0.717, 1.165) is 16.4 Å². The van der Waals surface area contributed by atoms with Crippen molar-refractivity contribution in [3.05, 3.63) is 52.2 Å². The van der Waals surface area contributed by atoms with Crippen molar-refractivity contribution in [2.75, 3.05) is 14.2 Å². The van der Waals surface area contributed by atoms with Gasteiger partial charge in [-0.15, -0.1) is 11.3 Å². The zero-order valence-corrected chi connectivity index (χ0v) is 12.6.